The molecule has 0 radical (unpaired) electrons. The lowest BCUT2D eigenvalue weighted by atomic mass is 9.99. The Balaban J connectivity index is 2.00. The van der Waals surface area contributed by atoms with Crippen molar-refractivity contribution in [2.24, 2.45) is 0 Å². The van der Waals surface area contributed by atoms with Gasteiger partial charge in [0.05, 0.1) is 17.7 Å². The second kappa shape index (κ2) is 6.77. The maximum absolute atomic E-state index is 13.0. The fraction of sp³-hybridized carbons (Fsp3) is 0.474. The van der Waals surface area contributed by atoms with Crippen LogP contribution >= 0.6 is 0 Å². The summed E-state index contributed by atoms with van der Waals surface area (Å²) in [6, 6.07) is 10.4. The first-order valence-corrected chi connectivity index (χ1v) is 8.53. The molecule has 2 aromatic rings. The van der Waals surface area contributed by atoms with Crippen molar-refractivity contribution in [3.63, 3.8) is 0 Å². The molecular weight excluding hydrogens is 300 g/mol. The van der Waals surface area contributed by atoms with E-state index < -0.39 is 0 Å². The largest absolute Gasteiger partial charge is 0.347 e. The summed E-state index contributed by atoms with van der Waals surface area (Å²) in [6.45, 7) is 5.89. The molecule has 0 N–H and O–H groups in total. The van der Waals surface area contributed by atoms with Crippen molar-refractivity contribution in [3.05, 3.63) is 53.6 Å². The van der Waals surface area contributed by atoms with E-state index in [1.54, 1.807) is 4.90 Å². The quantitative estimate of drug-likeness (QED) is 0.867. The number of amides is 1. The van der Waals surface area contributed by atoms with E-state index in [-0.39, 0.29) is 18.0 Å². The number of benzene rings is 1. The Morgan fingerprint density at radius 3 is 2.62 bits per heavy atom. The van der Waals surface area contributed by atoms with Gasteiger partial charge in [0.2, 0.25) is 5.91 Å². The fourth-order valence-corrected chi connectivity index (χ4v) is 3.37. The van der Waals surface area contributed by atoms with Crippen LogP contribution in [0.1, 0.15) is 42.9 Å². The van der Waals surface area contributed by atoms with Crippen LogP contribution in [0, 0.1) is 0 Å². The zero-order chi connectivity index (χ0) is 17.3. The molecule has 0 saturated carbocycles. The molecule has 1 aromatic carbocycles. The van der Waals surface area contributed by atoms with Crippen molar-refractivity contribution in [1.82, 2.24) is 19.4 Å². The summed E-state index contributed by atoms with van der Waals surface area (Å²) < 4.78 is 2.15. The minimum Gasteiger partial charge on any atom is -0.347 e. The molecule has 1 atom stereocenters. The number of hydrogen-bond donors (Lipinski definition) is 0. The Kier molecular flexibility index (Phi) is 4.71. The normalized spacial score (nSPS) is 17.8. The topological polar surface area (TPSA) is 41.4 Å². The first kappa shape index (κ1) is 16.7. The zero-order valence-electron chi connectivity index (χ0n) is 14.9. The summed E-state index contributed by atoms with van der Waals surface area (Å²) in [5.74, 6) is 0.120. The molecule has 1 amide bonds. The molecule has 2 heterocycles. The average molecular weight is 326 g/mol. The number of hydrogen-bond acceptors (Lipinski definition) is 3. The van der Waals surface area contributed by atoms with Gasteiger partial charge >= 0.3 is 0 Å². The van der Waals surface area contributed by atoms with E-state index in [1.165, 1.54) is 5.56 Å². The van der Waals surface area contributed by atoms with Crippen molar-refractivity contribution in [1.29, 1.82) is 0 Å². The number of carbonyl (C=O) groups is 1. The molecule has 24 heavy (non-hydrogen) atoms. The number of fused-ring (bicyclic) bond motifs is 1. The molecule has 1 unspecified atom stereocenters. The van der Waals surface area contributed by atoms with Gasteiger partial charge in [0, 0.05) is 39.6 Å². The number of carbonyl (C=O) groups excluding carboxylic acids is 1. The SMILES string of the molecule is CC(C)n1cnc2c1C(C(=O)N(C)C)N(Cc1ccccc1)CC2. The summed E-state index contributed by atoms with van der Waals surface area (Å²) in [5.41, 5.74) is 3.35. The van der Waals surface area contributed by atoms with Gasteiger partial charge in [0.25, 0.3) is 0 Å². The lowest BCUT2D eigenvalue weighted by Gasteiger charge is -2.37. The van der Waals surface area contributed by atoms with Gasteiger partial charge in [0.1, 0.15) is 6.04 Å². The third-order valence-electron chi connectivity index (χ3n) is 4.63. The van der Waals surface area contributed by atoms with Gasteiger partial charge in [-0.2, -0.15) is 0 Å². The Bertz CT molecular complexity index is 705. The molecule has 128 valence electrons. The predicted molar refractivity (Wildman–Crippen MR) is 94.6 cm³/mol. The molecule has 0 bridgehead atoms. The zero-order valence-corrected chi connectivity index (χ0v) is 14.9. The van der Waals surface area contributed by atoms with Gasteiger partial charge in [-0.05, 0) is 19.4 Å². The first-order valence-electron chi connectivity index (χ1n) is 8.53. The summed E-state index contributed by atoms with van der Waals surface area (Å²) in [5, 5.41) is 0. The lowest BCUT2D eigenvalue weighted by Crippen LogP contribution is -2.44. The Morgan fingerprint density at radius 2 is 2.00 bits per heavy atom. The molecule has 5 heteroatoms. The average Bonchev–Trinajstić information content (AvgIpc) is 2.99. The predicted octanol–water partition coefficient (Wildman–Crippen LogP) is 2.65. The standard InChI is InChI=1S/C19H26N4O/c1-14(2)23-13-20-16-10-11-22(12-15-8-6-5-7-9-15)18(17(16)23)19(24)21(3)4/h5-9,13-14,18H,10-12H2,1-4H3. The molecule has 0 aliphatic carbocycles. The Morgan fingerprint density at radius 1 is 1.29 bits per heavy atom. The van der Waals surface area contributed by atoms with Crippen molar-refractivity contribution >= 4 is 5.91 Å². The van der Waals surface area contributed by atoms with Crippen LogP contribution in [0.2, 0.25) is 0 Å². The molecule has 0 spiro atoms. The lowest BCUT2D eigenvalue weighted by molar-refractivity contribution is -0.135. The highest BCUT2D eigenvalue weighted by atomic mass is 16.2. The van der Waals surface area contributed by atoms with E-state index in [0.717, 1.165) is 30.9 Å². The van der Waals surface area contributed by atoms with Crippen LogP contribution in [-0.4, -0.2) is 45.9 Å². The number of likely N-dealkylation sites (N-methyl/N-ethyl adjacent to an activating group) is 1. The first-order chi connectivity index (χ1) is 11.5. The van der Waals surface area contributed by atoms with Gasteiger partial charge in [-0.1, -0.05) is 30.3 Å². The second-order valence-corrected chi connectivity index (χ2v) is 6.92. The van der Waals surface area contributed by atoms with E-state index in [2.05, 4.69) is 40.4 Å². The van der Waals surface area contributed by atoms with Crippen LogP contribution in [0.3, 0.4) is 0 Å². The summed E-state index contributed by atoms with van der Waals surface area (Å²) >= 11 is 0. The minimum atomic E-state index is -0.270. The Hall–Kier alpha value is -2.14. The molecule has 5 nitrogen and oxygen atoms in total. The van der Waals surface area contributed by atoms with E-state index in [9.17, 15) is 4.79 Å². The van der Waals surface area contributed by atoms with Gasteiger partial charge < -0.3 is 9.47 Å². The molecule has 1 aliphatic rings. The van der Waals surface area contributed by atoms with Crippen molar-refractivity contribution < 1.29 is 4.79 Å². The molecule has 1 aliphatic heterocycles. The van der Waals surface area contributed by atoms with Gasteiger partial charge in [-0.3, -0.25) is 9.69 Å². The number of nitrogens with zero attached hydrogens (tertiary/aromatic N) is 4. The highest BCUT2D eigenvalue weighted by Gasteiger charge is 2.37. The Labute approximate surface area is 143 Å². The summed E-state index contributed by atoms with van der Waals surface area (Å²) in [7, 11) is 3.65. The van der Waals surface area contributed by atoms with E-state index in [0.29, 0.717) is 0 Å². The number of imidazole rings is 1. The third-order valence-corrected chi connectivity index (χ3v) is 4.63. The molecular formula is C19H26N4O. The van der Waals surface area contributed by atoms with Crippen LogP contribution < -0.4 is 0 Å². The maximum atomic E-state index is 13.0. The molecule has 0 saturated heterocycles. The number of rotatable bonds is 4. The third kappa shape index (κ3) is 3.08. The van der Waals surface area contributed by atoms with E-state index >= 15 is 0 Å². The van der Waals surface area contributed by atoms with Crippen molar-refractivity contribution in [3.8, 4) is 0 Å². The minimum absolute atomic E-state index is 0.120. The van der Waals surface area contributed by atoms with Crippen LogP contribution in [-0.2, 0) is 17.8 Å². The molecule has 3 rings (SSSR count). The van der Waals surface area contributed by atoms with Crippen LogP contribution in [0.15, 0.2) is 36.7 Å². The van der Waals surface area contributed by atoms with Crippen LogP contribution in [0.5, 0.6) is 0 Å². The second-order valence-electron chi connectivity index (χ2n) is 6.92. The number of aromatic nitrogens is 2. The fourth-order valence-electron chi connectivity index (χ4n) is 3.37. The molecule has 1 aromatic heterocycles. The highest BCUT2D eigenvalue weighted by Crippen LogP contribution is 2.33. The van der Waals surface area contributed by atoms with Gasteiger partial charge in [-0.25, -0.2) is 4.98 Å². The van der Waals surface area contributed by atoms with E-state index in [4.69, 9.17) is 0 Å². The van der Waals surface area contributed by atoms with Gasteiger partial charge in [0.15, 0.2) is 0 Å². The monoisotopic (exact) mass is 326 g/mol. The maximum Gasteiger partial charge on any atom is 0.245 e. The van der Waals surface area contributed by atoms with Crippen molar-refractivity contribution in [2.75, 3.05) is 20.6 Å². The summed E-state index contributed by atoms with van der Waals surface area (Å²) in [4.78, 5) is 21.5. The van der Waals surface area contributed by atoms with Crippen molar-refractivity contribution in [2.45, 2.75) is 38.9 Å². The van der Waals surface area contributed by atoms with Crippen LogP contribution in [0.25, 0.3) is 0 Å². The van der Waals surface area contributed by atoms with Gasteiger partial charge in [-0.15, -0.1) is 0 Å². The summed E-state index contributed by atoms with van der Waals surface area (Å²) in [6.07, 6.45) is 2.77. The smallest absolute Gasteiger partial charge is 0.245 e. The van der Waals surface area contributed by atoms with E-state index in [1.807, 2.05) is 38.6 Å². The highest BCUT2D eigenvalue weighted by molar-refractivity contribution is 5.83. The van der Waals surface area contributed by atoms with Crippen LogP contribution in [0.4, 0.5) is 0 Å². The molecule has 0 fully saturated rings.